The molecule has 0 radical (unpaired) electrons. The second-order valence-electron chi connectivity index (χ2n) is 13.9. The molecule has 0 bridgehead atoms. The van der Waals surface area contributed by atoms with Gasteiger partial charge in [-0.1, -0.05) is 152 Å². The number of nitrogens with one attached hydrogen (secondary N) is 1. The van der Waals surface area contributed by atoms with Crippen molar-refractivity contribution in [3.63, 3.8) is 0 Å². The molecular weight excluding hydrogens is 671 g/mol. The van der Waals surface area contributed by atoms with Gasteiger partial charge >= 0.3 is 0 Å². The van der Waals surface area contributed by atoms with Crippen LogP contribution in [-0.2, 0) is 26.4 Å². The summed E-state index contributed by atoms with van der Waals surface area (Å²) < 4.78 is 20.6. The van der Waals surface area contributed by atoms with E-state index in [9.17, 15) is 9.90 Å². The molecule has 274 valence electrons. The van der Waals surface area contributed by atoms with Crippen LogP contribution in [0.4, 0.5) is 0 Å². The highest BCUT2D eigenvalue weighted by atomic mass is 16.6. The Morgan fingerprint density at radius 3 is 1.89 bits per heavy atom. The van der Waals surface area contributed by atoms with Crippen molar-refractivity contribution in [2.24, 2.45) is 0 Å². The first-order chi connectivity index (χ1) is 26.5. The maximum atomic E-state index is 12.4. The minimum atomic E-state index is -1.00. The molecule has 6 heteroatoms. The quantitative estimate of drug-likeness (QED) is 0.117. The van der Waals surface area contributed by atoms with Crippen LogP contribution in [0, 0.1) is 6.92 Å². The van der Waals surface area contributed by atoms with Crippen LogP contribution in [0.5, 0.6) is 0 Å². The fourth-order valence-electron chi connectivity index (χ4n) is 7.60. The molecule has 1 aliphatic heterocycles. The monoisotopic (exact) mass is 717 g/mol. The van der Waals surface area contributed by atoms with Crippen molar-refractivity contribution in [1.29, 1.82) is 0 Å². The van der Waals surface area contributed by atoms with E-state index in [0.29, 0.717) is 31.6 Å². The zero-order valence-electron chi connectivity index (χ0n) is 30.8. The van der Waals surface area contributed by atoms with Gasteiger partial charge in [0, 0.05) is 12.6 Å². The molecule has 0 saturated carbocycles. The van der Waals surface area contributed by atoms with Crippen molar-refractivity contribution in [2.45, 2.75) is 56.4 Å². The van der Waals surface area contributed by atoms with Crippen LogP contribution < -0.4 is 5.32 Å². The Bertz CT molecular complexity index is 2010. The van der Waals surface area contributed by atoms with Gasteiger partial charge < -0.3 is 24.6 Å². The first kappa shape index (κ1) is 37.0. The van der Waals surface area contributed by atoms with Crippen LogP contribution >= 0.6 is 0 Å². The number of hydrogen-bond acceptors (Lipinski definition) is 5. The summed E-state index contributed by atoms with van der Waals surface area (Å²) in [5.41, 5.74) is 7.22. The molecule has 1 fully saturated rings. The zero-order valence-corrected chi connectivity index (χ0v) is 30.8. The summed E-state index contributed by atoms with van der Waals surface area (Å²) in [5.74, 6) is -0.138. The fourth-order valence-corrected chi connectivity index (χ4v) is 7.60. The minimum absolute atomic E-state index is 0.138. The molecule has 6 aromatic carbocycles. The number of benzene rings is 6. The van der Waals surface area contributed by atoms with E-state index in [1.807, 2.05) is 110 Å². The number of amides is 1. The van der Waals surface area contributed by atoms with Crippen LogP contribution in [0.3, 0.4) is 0 Å². The molecule has 54 heavy (non-hydrogen) atoms. The van der Waals surface area contributed by atoms with Crippen molar-refractivity contribution in [3.8, 4) is 11.1 Å². The molecule has 0 aromatic heterocycles. The van der Waals surface area contributed by atoms with E-state index < -0.39 is 23.9 Å². The topological polar surface area (TPSA) is 77.0 Å². The van der Waals surface area contributed by atoms with E-state index in [-0.39, 0.29) is 12.0 Å². The summed E-state index contributed by atoms with van der Waals surface area (Å²) in [6.45, 7) is 2.88. The Hall–Kier alpha value is -5.37. The lowest BCUT2D eigenvalue weighted by atomic mass is 9.79. The van der Waals surface area contributed by atoms with E-state index in [1.165, 1.54) is 0 Å². The van der Waals surface area contributed by atoms with Crippen LogP contribution in [-0.4, -0.2) is 43.0 Å². The molecule has 1 heterocycles. The lowest BCUT2D eigenvalue weighted by Crippen LogP contribution is -2.49. The van der Waals surface area contributed by atoms with Gasteiger partial charge in [-0.2, -0.15) is 0 Å². The summed E-state index contributed by atoms with van der Waals surface area (Å²) in [5, 5.41) is 15.1. The van der Waals surface area contributed by atoms with Gasteiger partial charge in [-0.3, -0.25) is 4.79 Å². The highest BCUT2D eigenvalue weighted by Crippen LogP contribution is 2.45. The first-order valence-corrected chi connectivity index (χ1v) is 18.7. The number of carbonyl (C=O) groups is 1. The van der Waals surface area contributed by atoms with Crippen molar-refractivity contribution in [1.82, 2.24) is 5.32 Å². The highest BCUT2D eigenvalue weighted by molar-refractivity contribution is 5.95. The smallest absolute Gasteiger partial charge is 0.251 e. The van der Waals surface area contributed by atoms with Crippen molar-refractivity contribution < 1.29 is 24.1 Å². The van der Waals surface area contributed by atoms with Gasteiger partial charge in [0.25, 0.3) is 5.91 Å². The Balaban J connectivity index is 1.25. The normalized spacial score (nSPS) is 17.8. The Morgan fingerprint density at radius 1 is 0.741 bits per heavy atom. The molecule has 0 spiro atoms. The summed E-state index contributed by atoms with van der Waals surface area (Å²) in [4.78, 5) is 12.4. The Kier molecular flexibility index (Phi) is 11.8. The number of hydrogen-bond donors (Lipinski definition) is 2. The molecule has 6 nitrogen and oxygen atoms in total. The van der Waals surface area contributed by atoms with Crippen molar-refractivity contribution in [2.75, 3.05) is 13.7 Å². The van der Waals surface area contributed by atoms with E-state index in [1.54, 1.807) is 13.1 Å². The van der Waals surface area contributed by atoms with Gasteiger partial charge in [0.15, 0.2) is 0 Å². The molecule has 1 aliphatic rings. The molecule has 6 aromatic rings. The molecule has 4 unspecified atom stereocenters. The number of ether oxygens (including phenoxy) is 3. The molecule has 1 saturated heterocycles. The molecule has 0 aliphatic carbocycles. The van der Waals surface area contributed by atoms with E-state index >= 15 is 0 Å². The van der Waals surface area contributed by atoms with E-state index in [4.69, 9.17) is 14.2 Å². The number of rotatable bonds is 13. The maximum Gasteiger partial charge on any atom is 0.251 e. The Morgan fingerprint density at radius 2 is 1.31 bits per heavy atom. The predicted molar refractivity (Wildman–Crippen MR) is 213 cm³/mol. The third kappa shape index (κ3) is 8.08. The van der Waals surface area contributed by atoms with Gasteiger partial charge in [0.2, 0.25) is 0 Å². The van der Waals surface area contributed by atoms with Crippen LogP contribution in [0.25, 0.3) is 11.1 Å². The first-order valence-electron chi connectivity index (χ1n) is 18.7. The third-order valence-electron chi connectivity index (χ3n) is 10.4. The maximum absolute atomic E-state index is 12.4. The molecule has 2 N–H and O–H groups in total. The summed E-state index contributed by atoms with van der Waals surface area (Å²) in [6.07, 6.45) is -1.08. The lowest BCUT2D eigenvalue weighted by Gasteiger charge is -2.45. The van der Waals surface area contributed by atoms with Crippen LogP contribution in [0.15, 0.2) is 164 Å². The average molecular weight is 718 g/mol. The summed E-state index contributed by atoms with van der Waals surface area (Å²) in [6, 6.07) is 54.6. The largest absolute Gasteiger partial charge is 0.386 e. The van der Waals surface area contributed by atoms with E-state index in [2.05, 4.69) is 59.9 Å². The third-order valence-corrected chi connectivity index (χ3v) is 10.4. The van der Waals surface area contributed by atoms with E-state index in [0.717, 1.165) is 44.5 Å². The lowest BCUT2D eigenvalue weighted by molar-refractivity contribution is -0.210. The molecule has 7 rings (SSSR count). The van der Waals surface area contributed by atoms with Crippen LogP contribution in [0.1, 0.15) is 62.7 Å². The number of aliphatic hydroxyl groups excluding tert-OH is 1. The minimum Gasteiger partial charge on any atom is -0.386 e. The van der Waals surface area contributed by atoms with Gasteiger partial charge in [0.1, 0.15) is 17.8 Å². The number of aryl methyl sites for hydroxylation is 1. The fraction of sp³-hybridized carbons (Fsp3) is 0.229. The van der Waals surface area contributed by atoms with Gasteiger partial charge in [-0.05, 0) is 76.4 Å². The number of aliphatic hydroxyl groups is 1. The SMILES string of the molecule is CNC(=O)c1cccc(-c2ccc(C(O)C3OC(COCc4ccccc4)CCC3OC(c3ccccc3)(c3ccccc3)c3ccccc3)c(C)c2)c1. The van der Waals surface area contributed by atoms with Crippen molar-refractivity contribution in [3.05, 3.63) is 203 Å². The van der Waals surface area contributed by atoms with Gasteiger partial charge in [-0.15, -0.1) is 0 Å². The summed E-state index contributed by atoms with van der Waals surface area (Å²) >= 11 is 0. The molecule has 1 amide bonds. The van der Waals surface area contributed by atoms with Gasteiger partial charge in [0.05, 0.1) is 25.4 Å². The van der Waals surface area contributed by atoms with Gasteiger partial charge in [-0.25, -0.2) is 0 Å². The summed E-state index contributed by atoms with van der Waals surface area (Å²) in [7, 11) is 1.63. The highest BCUT2D eigenvalue weighted by Gasteiger charge is 2.46. The molecule has 4 atom stereocenters. The zero-order chi connectivity index (χ0) is 37.3. The van der Waals surface area contributed by atoms with Crippen LogP contribution in [0.2, 0.25) is 0 Å². The predicted octanol–water partition coefficient (Wildman–Crippen LogP) is 9.20. The average Bonchev–Trinajstić information content (AvgIpc) is 3.24. The molecular formula is C48H47NO5. The Labute approximate surface area is 318 Å². The van der Waals surface area contributed by atoms with Crippen molar-refractivity contribution >= 4 is 5.91 Å². The second kappa shape index (κ2) is 17.2. The second-order valence-corrected chi connectivity index (χ2v) is 13.9. The number of carbonyl (C=O) groups excluding carboxylic acids is 1. The standard InChI is InChI=1S/C48H47NO5/c1-34-30-37(36-18-15-19-38(31-36)47(51)49-2)26-28-43(34)45(50)46-44(29-27-42(53-46)33-52-32-35-16-7-3-8-17-35)54-48(39-20-9-4-10-21-39,40-22-11-5-12-23-40)41-24-13-6-14-25-41/h3-26,28,30-31,42,44-46,50H,27,29,32-33H2,1-2H3,(H,49,51).